The van der Waals surface area contributed by atoms with E-state index in [1.165, 1.54) is 12.1 Å². The molecule has 1 amide bonds. The molecule has 1 atom stereocenters. The smallest absolute Gasteiger partial charge is 0.221 e. The van der Waals surface area contributed by atoms with Crippen LogP contribution in [0.5, 0.6) is 11.5 Å². The van der Waals surface area contributed by atoms with E-state index in [2.05, 4.69) is 5.32 Å². The van der Waals surface area contributed by atoms with Crippen molar-refractivity contribution in [3.05, 3.63) is 54.1 Å². The van der Waals surface area contributed by atoms with Crippen molar-refractivity contribution in [2.75, 3.05) is 19.0 Å². The van der Waals surface area contributed by atoms with Gasteiger partial charge in [-0.3, -0.25) is 4.79 Å². The number of amides is 1. The minimum Gasteiger partial charge on any atom is -0.490 e. The van der Waals surface area contributed by atoms with Crippen molar-refractivity contribution < 1.29 is 22.7 Å². The molecule has 1 N–H and O–H groups in total. The zero-order valence-corrected chi connectivity index (χ0v) is 17.3. The molecule has 0 aromatic heterocycles. The molecule has 28 heavy (non-hydrogen) atoms. The molecule has 0 radical (unpaired) electrons. The molecular weight excluding hydrogens is 378 g/mol. The Hall–Kier alpha value is -2.54. The van der Waals surface area contributed by atoms with E-state index in [0.29, 0.717) is 24.7 Å². The third-order valence-electron chi connectivity index (χ3n) is 4.15. The number of nitrogens with one attached hydrogen (secondary N) is 1. The van der Waals surface area contributed by atoms with Crippen LogP contribution in [0.3, 0.4) is 0 Å². The Balaban J connectivity index is 1.99. The fourth-order valence-corrected chi connectivity index (χ4v) is 3.97. The van der Waals surface area contributed by atoms with Gasteiger partial charge in [-0.1, -0.05) is 24.3 Å². The Labute approximate surface area is 166 Å². The van der Waals surface area contributed by atoms with Crippen molar-refractivity contribution in [1.82, 2.24) is 5.32 Å². The number of hydrogen-bond acceptors (Lipinski definition) is 5. The fourth-order valence-electron chi connectivity index (χ4n) is 2.71. The largest absolute Gasteiger partial charge is 0.490 e. The second-order valence-corrected chi connectivity index (χ2v) is 8.35. The van der Waals surface area contributed by atoms with E-state index in [4.69, 9.17) is 9.47 Å². The van der Waals surface area contributed by atoms with Crippen LogP contribution in [0.25, 0.3) is 0 Å². The second kappa shape index (κ2) is 10.1. The van der Waals surface area contributed by atoms with Crippen molar-refractivity contribution in [3.8, 4) is 11.5 Å². The van der Waals surface area contributed by atoms with Gasteiger partial charge in [-0.2, -0.15) is 0 Å². The van der Waals surface area contributed by atoms with Gasteiger partial charge in [-0.05, 0) is 50.6 Å². The number of carbonyl (C=O) groups is 1. The lowest BCUT2D eigenvalue weighted by molar-refractivity contribution is -0.121. The van der Waals surface area contributed by atoms with Gasteiger partial charge in [0.15, 0.2) is 21.3 Å². The third kappa shape index (κ3) is 5.99. The van der Waals surface area contributed by atoms with Gasteiger partial charge in [0.25, 0.3) is 0 Å². The topological polar surface area (TPSA) is 81.7 Å². The predicted octanol–water partition coefficient (Wildman–Crippen LogP) is 3.53. The molecular formula is C21H27NO5S. The lowest BCUT2D eigenvalue weighted by Crippen LogP contribution is -2.28. The highest BCUT2D eigenvalue weighted by Crippen LogP contribution is 2.30. The summed E-state index contributed by atoms with van der Waals surface area (Å²) in [5, 5.41) is 2.84. The van der Waals surface area contributed by atoms with Crippen LogP contribution >= 0.6 is 0 Å². The molecule has 152 valence electrons. The average molecular weight is 406 g/mol. The lowest BCUT2D eigenvalue weighted by atomic mass is 10.1. The number of sulfone groups is 1. The molecule has 0 aliphatic carbocycles. The van der Waals surface area contributed by atoms with Crippen molar-refractivity contribution in [1.29, 1.82) is 0 Å². The maximum absolute atomic E-state index is 12.3. The standard InChI is InChI=1S/C21H27NO5S/c1-4-26-19-12-11-17(15-20(19)27-5-2)16(3)22-21(23)13-14-28(24,25)18-9-7-6-8-10-18/h6-12,15-16H,4-5,13-14H2,1-3H3,(H,22,23)/t16-/m1/s1. The molecule has 6 nitrogen and oxygen atoms in total. The van der Waals surface area contributed by atoms with Gasteiger partial charge < -0.3 is 14.8 Å². The van der Waals surface area contributed by atoms with Gasteiger partial charge in [-0.15, -0.1) is 0 Å². The van der Waals surface area contributed by atoms with Crippen molar-refractivity contribution in [2.24, 2.45) is 0 Å². The van der Waals surface area contributed by atoms with Gasteiger partial charge >= 0.3 is 0 Å². The second-order valence-electron chi connectivity index (χ2n) is 6.24. The first-order valence-electron chi connectivity index (χ1n) is 9.34. The first-order chi connectivity index (χ1) is 13.4. The predicted molar refractivity (Wildman–Crippen MR) is 108 cm³/mol. The van der Waals surface area contributed by atoms with Crippen molar-refractivity contribution >= 4 is 15.7 Å². The Morgan fingerprint density at radius 1 is 1.00 bits per heavy atom. The molecule has 0 spiro atoms. The summed E-state index contributed by atoms with van der Waals surface area (Å²) >= 11 is 0. The molecule has 7 heteroatoms. The Bertz CT molecular complexity index is 881. The molecule has 0 bridgehead atoms. The summed E-state index contributed by atoms with van der Waals surface area (Å²) in [6, 6.07) is 13.4. The molecule has 0 unspecified atom stereocenters. The summed E-state index contributed by atoms with van der Waals surface area (Å²) in [4.78, 5) is 12.5. The van der Waals surface area contributed by atoms with Crippen LogP contribution < -0.4 is 14.8 Å². The van der Waals surface area contributed by atoms with E-state index in [-0.39, 0.29) is 29.0 Å². The summed E-state index contributed by atoms with van der Waals surface area (Å²) < 4.78 is 35.7. The van der Waals surface area contributed by atoms with E-state index in [1.54, 1.807) is 18.2 Å². The molecule has 0 aliphatic heterocycles. The van der Waals surface area contributed by atoms with Crippen molar-refractivity contribution in [3.63, 3.8) is 0 Å². The van der Waals surface area contributed by atoms with Gasteiger partial charge in [0.1, 0.15) is 0 Å². The van der Waals surface area contributed by atoms with E-state index < -0.39 is 9.84 Å². The summed E-state index contributed by atoms with van der Waals surface area (Å²) in [5.74, 6) is 0.720. The van der Waals surface area contributed by atoms with Crippen LogP contribution in [0.15, 0.2) is 53.4 Å². The first kappa shape index (κ1) is 21.8. The molecule has 0 fully saturated rings. The van der Waals surface area contributed by atoms with E-state index in [9.17, 15) is 13.2 Å². The van der Waals surface area contributed by atoms with Crippen molar-refractivity contribution in [2.45, 2.75) is 38.1 Å². The van der Waals surface area contributed by atoms with E-state index in [1.807, 2.05) is 39.0 Å². The minimum absolute atomic E-state index is 0.100. The molecule has 2 rings (SSSR count). The van der Waals surface area contributed by atoms with Gasteiger partial charge in [0.2, 0.25) is 5.91 Å². The maximum Gasteiger partial charge on any atom is 0.221 e. The van der Waals surface area contributed by atoms with E-state index >= 15 is 0 Å². The van der Waals surface area contributed by atoms with Crippen LogP contribution in [0.4, 0.5) is 0 Å². The molecule has 2 aromatic rings. The minimum atomic E-state index is -3.48. The monoisotopic (exact) mass is 405 g/mol. The summed E-state index contributed by atoms with van der Waals surface area (Å²) in [5.41, 5.74) is 0.853. The molecule has 0 aliphatic rings. The highest BCUT2D eigenvalue weighted by Gasteiger charge is 2.18. The average Bonchev–Trinajstić information content (AvgIpc) is 2.69. The van der Waals surface area contributed by atoms with Gasteiger partial charge in [0.05, 0.1) is 29.9 Å². The van der Waals surface area contributed by atoms with Gasteiger partial charge in [-0.25, -0.2) is 8.42 Å². The summed E-state index contributed by atoms with van der Waals surface area (Å²) in [7, 11) is -3.48. The number of carbonyl (C=O) groups excluding carboxylic acids is 1. The van der Waals surface area contributed by atoms with Crippen LogP contribution in [0.1, 0.15) is 38.8 Å². The normalized spacial score (nSPS) is 12.2. The lowest BCUT2D eigenvalue weighted by Gasteiger charge is -2.17. The Kier molecular flexibility index (Phi) is 7.87. The third-order valence-corrected chi connectivity index (χ3v) is 5.88. The number of ether oxygens (including phenoxy) is 2. The fraction of sp³-hybridized carbons (Fsp3) is 0.381. The maximum atomic E-state index is 12.3. The Morgan fingerprint density at radius 2 is 1.64 bits per heavy atom. The summed E-state index contributed by atoms with van der Waals surface area (Å²) in [6.07, 6.45) is -0.100. The number of benzene rings is 2. The number of rotatable bonds is 10. The highest BCUT2D eigenvalue weighted by atomic mass is 32.2. The molecule has 0 saturated heterocycles. The summed E-state index contributed by atoms with van der Waals surface area (Å²) in [6.45, 7) is 6.66. The van der Waals surface area contributed by atoms with Crippen LogP contribution in [-0.4, -0.2) is 33.3 Å². The number of hydrogen-bond donors (Lipinski definition) is 1. The SMILES string of the molecule is CCOc1ccc([C@@H](C)NC(=O)CCS(=O)(=O)c2ccccc2)cc1OCC. The molecule has 0 heterocycles. The van der Waals surface area contributed by atoms with Crippen LogP contribution in [0.2, 0.25) is 0 Å². The molecule has 0 saturated carbocycles. The Morgan fingerprint density at radius 3 is 2.29 bits per heavy atom. The quantitative estimate of drug-likeness (QED) is 0.654. The first-order valence-corrected chi connectivity index (χ1v) is 11.0. The highest BCUT2D eigenvalue weighted by molar-refractivity contribution is 7.91. The van der Waals surface area contributed by atoms with Gasteiger partial charge in [0, 0.05) is 6.42 Å². The zero-order valence-electron chi connectivity index (χ0n) is 16.5. The van der Waals surface area contributed by atoms with E-state index in [0.717, 1.165) is 5.56 Å². The van der Waals surface area contributed by atoms with Crippen LogP contribution in [-0.2, 0) is 14.6 Å². The zero-order chi connectivity index (χ0) is 20.6. The molecule has 2 aromatic carbocycles. The van der Waals surface area contributed by atoms with Crippen LogP contribution in [0, 0.1) is 0 Å².